The minimum absolute atomic E-state index is 0.00581. The third kappa shape index (κ3) is 4.33. The second-order valence-corrected chi connectivity index (χ2v) is 8.67. The zero-order valence-electron chi connectivity index (χ0n) is 20.0. The molecule has 1 aliphatic rings. The number of carboxylic acid groups (broad SMARTS) is 1. The molecule has 0 amide bonds. The van der Waals surface area contributed by atoms with Gasteiger partial charge in [0.15, 0.2) is 11.3 Å². The van der Waals surface area contributed by atoms with Crippen molar-refractivity contribution in [3.63, 3.8) is 0 Å². The minimum atomic E-state index is -4.47. The number of carboxylic acids is 1. The number of benzene rings is 1. The Labute approximate surface area is 212 Å². The van der Waals surface area contributed by atoms with Crippen LogP contribution in [0.5, 0.6) is 0 Å². The van der Waals surface area contributed by atoms with Crippen LogP contribution in [-0.2, 0) is 36.8 Å². The Kier molecular flexibility index (Phi) is 6.29. The number of ether oxygens (including phenoxy) is 1. The van der Waals surface area contributed by atoms with Gasteiger partial charge >= 0.3 is 18.1 Å². The molecule has 13 heteroatoms. The number of alkyl halides is 3. The molecule has 5 rings (SSSR count). The zero-order valence-corrected chi connectivity index (χ0v) is 20.0. The molecule has 0 saturated heterocycles. The number of oxazole rings is 1. The van der Waals surface area contributed by atoms with Gasteiger partial charge in [0, 0.05) is 13.1 Å². The SMILES string of the molecule is CCOC(=O)c1c(CCc2ccc(C(F)(F)F)cc2)nc2c(c1-c1nc(C(=O)O)co1)c(=O)n1n2CCC1. The van der Waals surface area contributed by atoms with E-state index in [1.54, 1.807) is 11.6 Å². The Morgan fingerprint density at radius 2 is 1.82 bits per heavy atom. The number of aromatic nitrogens is 4. The summed E-state index contributed by atoms with van der Waals surface area (Å²) in [5.74, 6) is -2.43. The summed E-state index contributed by atoms with van der Waals surface area (Å²) in [5.41, 5.74) is -0.707. The number of carbonyl (C=O) groups excluding carboxylic acids is 1. The summed E-state index contributed by atoms with van der Waals surface area (Å²) >= 11 is 0. The van der Waals surface area contributed by atoms with Gasteiger partial charge < -0.3 is 14.3 Å². The highest BCUT2D eigenvalue weighted by molar-refractivity contribution is 6.06. The molecule has 0 unspecified atom stereocenters. The summed E-state index contributed by atoms with van der Waals surface area (Å²) in [7, 11) is 0. The predicted octanol–water partition coefficient (Wildman–Crippen LogP) is 3.94. The average Bonchev–Trinajstić information content (AvgIpc) is 3.60. The number of pyridine rings is 1. The Hall–Kier alpha value is -4.42. The van der Waals surface area contributed by atoms with Crippen LogP contribution in [-0.4, -0.2) is 43.0 Å². The van der Waals surface area contributed by atoms with E-state index in [4.69, 9.17) is 9.15 Å². The van der Waals surface area contributed by atoms with Crippen LogP contribution >= 0.6 is 0 Å². The fourth-order valence-corrected chi connectivity index (χ4v) is 4.61. The van der Waals surface area contributed by atoms with Crippen molar-refractivity contribution in [2.24, 2.45) is 0 Å². The molecular weight excluding hydrogens is 509 g/mol. The molecule has 4 aromatic rings. The predicted molar refractivity (Wildman–Crippen MR) is 126 cm³/mol. The summed E-state index contributed by atoms with van der Waals surface area (Å²) in [5, 5.41) is 9.39. The second-order valence-electron chi connectivity index (χ2n) is 8.67. The molecule has 1 aliphatic heterocycles. The summed E-state index contributed by atoms with van der Waals surface area (Å²) in [6, 6.07) is 4.65. The quantitative estimate of drug-likeness (QED) is 0.356. The lowest BCUT2D eigenvalue weighted by Gasteiger charge is -2.14. The topological polar surface area (TPSA) is 129 Å². The number of esters is 1. The molecule has 1 aromatic carbocycles. The van der Waals surface area contributed by atoms with Crippen molar-refractivity contribution >= 4 is 23.0 Å². The van der Waals surface area contributed by atoms with E-state index in [9.17, 15) is 32.7 Å². The Balaban J connectivity index is 1.69. The van der Waals surface area contributed by atoms with Gasteiger partial charge in [0.2, 0.25) is 5.89 Å². The van der Waals surface area contributed by atoms with Gasteiger partial charge in [-0.1, -0.05) is 12.1 Å². The number of halogens is 3. The van der Waals surface area contributed by atoms with Crippen molar-refractivity contribution < 1.29 is 37.0 Å². The highest BCUT2D eigenvalue weighted by Gasteiger charge is 2.33. The molecule has 10 nitrogen and oxygen atoms in total. The molecule has 0 fully saturated rings. The minimum Gasteiger partial charge on any atom is -0.476 e. The molecule has 1 N–H and O–H groups in total. The number of aryl methyl sites for hydroxylation is 3. The van der Waals surface area contributed by atoms with Crippen LogP contribution in [0.1, 0.15) is 51.0 Å². The second kappa shape index (κ2) is 9.47. The van der Waals surface area contributed by atoms with Crippen LogP contribution in [0.3, 0.4) is 0 Å². The Morgan fingerprint density at radius 1 is 1.11 bits per heavy atom. The van der Waals surface area contributed by atoms with Crippen molar-refractivity contribution in [1.29, 1.82) is 0 Å². The molecule has 0 spiro atoms. The number of nitrogens with zero attached hydrogens (tertiary/aromatic N) is 4. The van der Waals surface area contributed by atoms with Crippen molar-refractivity contribution in [2.75, 3.05) is 6.61 Å². The van der Waals surface area contributed by atoms with Gasteiger partial charge in [0.25, 0.3) is 5.56 Å². The molecule has 0 radical (unpaired) electrons. The van der Waals surface area contributed by atoms with E-state index in [0.717, 1.165) is 18.4 Å². The maximum atomic E-state index is 13.4. The monoisotopic (exact) mass is 530 g/mol. The van der Waals surface area contributed by atoms with E-state index < -0.39 is 34.9 Å². The van der Waals surface area contributed by atoms with E-state index in [0.29, 0.717) is 25.1 Å². The van der Waals surface area contributed by atoms with Crippen LogP contribution in [0, 0.1) is 0 Å². The van der Waals surface area contributed by atoms with Gasteiger partial charge in [-0.15, -0.1) is 0 Å². The lowest BCUT2D eigenvalue weighted by atomic mass is 9.98. The van der Waals surface area contributed by atoms with Crippen molar-refractivity contribution in [1.82, 2.24) is 19.3 Å². The van der Waals surface area contributed by atoms with Gasteiger partial charge in [0.05, 0.1) is 34.4 Å². The highest BCUT2D eigenvalue weighted by Crippen LogP contribution is 2.34. The molecule has 0 bridgehead atoms. The van der Waals surface area contributed by atoms with E-state index >= 15 is 0 Å². The van der Waals surface area contributed by atoms with Gasteiger partial charge in [-0.3, -0.25) is 9.48 Å². The van der Waals surface area contributed by atoms with Crippen molar-refractivity contribution in [2.45, 2.75) is 45.5 Å². The van der Waals surface area contributed by atoms with E-state index in [2.05, 4.69) is 9.97 Å². The number of hydrogen-bond donors (Lipinski definition) is 1. The molecule has 38 heavy (non-hydrogen) atoms. The summed E-state index contributed by atoms with van der Waals surface area (Å²) < 4.78 is 52.7. The van der Waals surface area contributed by atoms with Crippen LogP contribution in [0.25, 0.3) is 22.5 Å². The Morgan fingerprint density at radius 3 is 2.45 bits per heavy atom. The first kappa shape index (κ1) is 25.2. The first-order valence-electron chi connectivity index (χ1n) is 11.8. The molecule has 0 saturated carbocycles. The molecule has 198 valence electrons. The van der Waals surface area contributed by atoms with Crippen molar-refractivity contribution in [3.05, 3.63) is 69.0 Å². The number of fused-ring (bicyclic) bond motifs is 3. The first-order chi connectivity index (χ1) is 18.1. The third-order valence-electron chi connectivity index (χ3n) is 6.33. The van der Waals surface area contributed by atoms with Crippen LogP contribution in [0.4, 0.5) is 13.2 Å². The molecular formula is C25H21F3N4O6. The lowest BCUT2D eigenvalue weighted by molar-refractivity contribution is -0.137. The maximum absolute atomic E-state index is 13.4. The fraction of sp³-hybridized carbons (Fsp3) is 0.320. The molecule has 0 aliphatic carbocycles. The average molecular weight is 530 g/mol. The molecule has 3 aromatic heterocycles. The number of carbonyl (C=O) groups is 2. The highest BCUT2D eigenvalue weighted by atomic mass is 19.4. The first-order valence-corrected chi connectivity index (χ1v) is 11.8. The number of aromatic carboxylic acids is 1. The van der Waals surface area contributed by atoms with Gasteiger partial charge in [-0.25, -0.2) is 24.2 Å². The summed E-state index contributed by atoms with van der Waals surface area (Å²) in [6.07, 6.45) is -2.54. The normalized spacial score (nSPS) is 13.2. The third-order valence-corrected chi connectivity index (χ3v) is 6.33. The van der Waals surface area contributed by atoms with Crippen LogP contribution in [0.15, 0.2) is 39.7 Å². The lowest BCUT2D eigenvalue weighted by Crippen LogP contribution is -2.17. The van der Waals surface area contributed by atoms with Crippen LogP contribution in [0.2, 0.25) is 0 Å². The molecule has 0 atom stereocenters. The standard InChI is InChI=1S/C25H21F3N4O6/c1-2-37-24(36)17-15(9-6-13-4-7-14(8-5-13)25(26,27)28)29-20-19(22(33)32-11-3-10-31(20)32)18(17)21-30-16(12-38-21)23(34)35/h4-5,7-8,12H,2-3,6,9-11H2,1H3,(H,34,35). The summed E-state index contributed by atoms with van der Waals surface area (Å²) in [4.78, 5) is 46.7. The zero-order chi connectivity index (χ0) is 27.2. The molecule has 4 heterocycles. The van der Waals surface area contributed by atoms with Crippen LogP contribution < -0.4 is 5.56 Å². The Bertz CT molecular complexity index is 1620. The maximum Gasteiger partial charge on any atom is 0.416 e. The van der Waals surface area contributed by atoms with Gasteiger partial charge in [-0.05, 0) is 43.9 Å². The van der Waals surface area contributed by atoms with Gasteiger partial charge in [0.1, 0.15) is 6.26 Å². The summed E-state index contributed by atoms with van der Waals surface area (Å²) in [6.45, 7) is 2.52. The van der Waals surface area contributed by atoms with Gasteiger partial charge in [-0.2, -0.15) is 13.2 Å². The van der Waals surface area contributed by atoms with E-state index in [1.165, 1.54) is 16.8 Å². The largest absolute Gasteiger partial charge is 0.476 e. The number of hydrogen-bond acceptors (Lipinski definition) is 7. The number of rotatable bonds is 7. The van der Waals surface area contributed by atoms with Crippen molar-refractivity contribution in [3.8, 4) is 11.5 Å². The smallest absolute Gasteiger partial charge is 0.416 e. The van der Waals surface area contributed by atoms with E-state index in [1.807, 2.05) is 0 Å². The fourth-order valence-electron chi connectivity index (χ4n) is 4.61. The van der Waals surface area contributed by atoms with E-state index in [-0.39, 0.29) is 53.2 Å².